The first kappa shape index (κ1) is 29.6. The largest absolute Gasteiger partial charge is 0.449 e. The van der Waals surface area contributed by atoms with Crippen molar-refractivity contribution in [1.29, 1.82) is 0 Å². The van der Waals surface area contributed by atoms with Crippen LogP contribution in [0.5, 0.6) is 0 Å². The normalized spacial score (nSPS) is 12.1. The van der Waals surface area contributed by atoms with Crippen molar-refractivity contribution in [3.63, 3.8) is 0 Å². The Morgan fingerprint density at radius 2 is 1.24 bits per heavy atom. The molecular weight excluding hydrogens is 488 g/mol. The van der Waals surface area contributed by atoms with Crippen LogP contribution in [0, 0.1) is 0 Å². The molecule has 2 aromatic carbocycles. The van der Waals surface area contributed by atoms with Crippen molar-refractivity contribution < 1.29 is 33.3 Å². The maximum atomic E-state index is 12.2. The molecule has 0 radical (unpaired) electrons. The SMILES string of the molecule is CCOCC(=O)NCCCOCCOCCOCCCNC(=O)OCC1c2ccccc2-c2ccccc21. The smallest absolute Gasteiger partial charge is 0.407 e. The van der Waals surface area contributed by atoms with E-state index in [2.05, 4.69) is 34.9 Å². The van der Waals surface area contributed by atoms with Crippen LogP contribution in [0.3, 0.4) is 0 Å². The third kappa shape index (κ3) is 10.1. The summed E-state index contributed by atoms with van der Waals surface area (Å²) >= 11 is 0. The first-order chi connectivity index (χ1) is 18.7. The Morgan fingerprint density at radius 3 is 1.82 bits per heavy atom. The number of hydrogen-bond donors (Lipinski definition) is 2. The van der Waals surface area contributed by atoms with Crippen molar-refractivity contribution in [2.24, 2.45) is 0 Å². The summed E-state index contributed by atoms with van der Waals surface area (Å²) in [6.45, 7) is 6.88. The average molecular weight is 529 g/mol. The van der Waals surface area contributed by atoms with E-state index in [1.807, 2.05) is 31.2 Å². The van der Waals surface area contributed by atoms with Crippen LogP contribution >= 0.6 is 0 Å². The summed E-state index contributed by atoms with van der Waals surface area (Å²) in [5.41, 5.74) is 4.81. The number of carbonyl (C=O) groups is 2. The molecular formula is C29H40N2O7. The van der Waals surface area contributed by atoms with Crippen molar-refractivity contribution in [1.82, 2.24) is 10.6 Å². The van der Waals surface area contributed by atoms with E-state index in [-0.39, 0.29) is 18.4 Å². The van der Waals surface area contributed by atoms with Gasteiger partial charge in [-0.3, -0.25) is 4.79 Å². The lowest BCUT2D eigenvalue weighted by molar-refractivity contribution is -0.125. The van der Waals surface area contributed by atoms with E-state index in [4.69, 9.17) is 23.7 Å². The van der Waals surface area contributed by atoms with Crippen LogP contribution in [0.4, 0.5) is 4.79 Å². The summed E-state index contributed by atoms with van der Waals surface area (Å²) in [6, 6.07) is 16.6. The lowest BCUT2D eigenvalue weighted by Crippen LogP contribution is -2.29. The van der Waals surface area contributed by atoms with Gasteiger partial charge in [-0.15, -0.1) is 0 Å². The van der Waals surface area contributed by atoms with Gasteiger partial charge in [0.05, 0.1) is 26.4 Å². The predicted molar refractivity (Wildman–Crippen MR) is 144 cm³/mol. The van der Waals surface area contributed by atoms with Crippen LogP contribution in [0.15, 0.2) is 48.5 Å². The number of carbonyl (C=O) groups excluding carboxylic acids is 2. The van der Waals surface area contributed by atoms with Gasteiger partial charge in [-0.25, -0.2) is 4.79 Å². The second-order valence-electron chi connectivity index (χ2n) is 8.78. The third-order valence-corrected chi connectivity index (χ3v) is 6.05. The number of rotatable bonds is 19. The van der Waals surface area contributed by atoms with Crippen LogP contribution in [0.1, 0.15) is 36.8 Å². The van der Waals surface area contributed by atoms with Crippen molar-refractivity contribution >= 4 is 12.0 Å². The summed E-state index contributed by atoms with van der Waals surface area (Å²) in [6.07, 6.45) is 1.02. The molecule has 0 aromatic heterocycles. The van der Waals surface area contributed by atoms with Gasteiger partial charge in [0.2, 0.25) is 5.91 Å². The molecule has 208 valence electrons. The van der Waals surface area contributed by atoms with E-state index < -0.39 is 6.09 Å². The fraction of sp³-hybridized carbons (Fsp3) is 0.517. The molecule has 0 unspecified atom stereocenters. The highest BCUT2D eigenvalue weighted by atomic mass is 16.6. The maximum Gasteiger partial charge on any atom is 0.407 e. The number of alkyl carbamates (subject to hydrolysis) is 1. The molecule has 9 heteroatoms. The summed E-state index contributed by atoms with van der Waals surface area (Å²) in [5, 5.41) is 5.56. The topological polar surface area (TPSA) is 104 Å². The zero-order chi connectivity index (χ0) is 26.8. The molecule has 1 aliphatic rings. The summed E-state index contributed by atoms with van der Waals surface area (Å²) in [7, 11) is 0. The summed E-state index contributed by atoms with van der Waals surface area (Å²) in [5.74, 6) is -0.0522. The Hall–Kier alpha value is -2.98. The highest BCUT2D eigenvalue weighted by Crippen LogP contribution is 2.44. The molecule has 9 nitrogen and oxygen atoms in total. The van der Waals surface area contributed by atoms with Crippen LogP contribution in [0.2, 0.25) is 0 Å². The molecule has 0 atom stereocenters. The number of fused-ring (bicyclic) bond motifs is 3. The van der Waals surface area contributed by atoms with Crippen molar-refractivity contribution in [2.45, 2.75) is 25.7 Å². The van der Waals surface area contributed by atoms with Gasteiger partial charge in [0, 0.05) is 38.8 Å². The second kappa shape index (κ2) is 17.5. The monoisotopic (exact) mass is 528 g/mol. The van der Waals surface area contributed by atoms with Crippen LogP contribution in [-0.4, -0.2) is 84.6 Å². The molecule has 2 aromatic rings. The van der Waals surface area contributed by atoms with Crippen LogP contribution in [-0.2, 0) is 28.5 Å². The highest BCUT2D eigenvalue weighted by molar-refractivity contribution is 5.79. The molecule has 0 spiro atoms. The minimum absolute atomic E-state index is 0.0559. The van der Waals surface area contributed by atoms with Gasteiger partial charge in [-0.05, 0) is 42.0 Å². The molecule has 38 heavy (non-hydrogen) atoms. The third-order valence-electron chi connectivity index (χ3n) is 6.05. The number of amides is 2. The number of benzene rings is 2. The fourth-order valence-corrected chi connectivity index (χ4v) is 4.20. The minimum atomic E-state index is -0.414. The first-order valence-electron chi connectivity index (χ1n) is 13.4. The first-order valence-corrected chi connectivity index (χ1v) is 13.4. The Bertz CT molecular complexity index is 939. The van der Waals surface area contributed by atoms with Gasteiger partial charge < -0.3 is 34.3 Å². The van der Waals surface area contributed by atoms with E-state index in [0.717, 1.165) is 6.42 Å². The fourth-order valence-electron chi connectivity index (χ4n) is 4.20. The van der Waals surface area contributed by atoms with E-state index in [0.29, 0.717) is 72.4 Å². The maximum absolute atomic E-state index is 12.2. The molecule has 0 heterocycles. The Morgan fingerprint density at radius 1 is 0.711 bits per heavy atom. The average Bonchev–Trinajstić information content (AvgIpc) is 3.26. The Kier molecular flexibility index (Phi) is 13.6. The Balaban J connectivity index is 1.12. The lowest BCUT2D eigenvalue weighted by atomic mass is 9.98. The van der Waals surface area contributed by atoms with Gasteiger partial charge >= 0.3 is 6.09 Å². The zero-order valence-corrected chi connectivity index (χ0v) is 22.2. The number of nitrogens with one attached hydrogen (secondary N) is 2. The predicted octanol–water partition coefficient (Wildman–Crippen LogP) is 3.51. The van der Waals surface area contributed by atoms with Gasteiger partial charge in [0.15, 0.2) is 0 Å². The number of ether oxygens (including phenoxy) is 5. The van der Waals surface area contributed by atoms with Gasteiger partial charge in [0.1, 0.15) is 13.2 Å². The van der Waals surface area contributed by atoms with Crippen molar-refractivity contribution in [3.05, 3.63) is 59.7 Å². The summed E-state index contributed by atoms with van der Waals surface area (Å²) < 4.78 is 27.0. The molecule has 3 rings (SSSR count). The molecule has 0 aliphatic heterocycles. The van der Waals surface area contributed by atoms with Gasteiger partial charge in [-0.2, -0.15) is 0 Å². The van der Waals surface area contributed by atoms with Crippen LogP contribution in [0.25, 0.3) is 11.1 Å². The summed E-state index contributed by atoms with van der Waals surface area (Å²) in [4.78, 5) is 23.5. The molecule has 0 bridgehead atoms. The Labute approximate surface area is 225 Å². The zero-order valence-electron chi connectivity index (χ0n) is 22.2. The highest BCUT2D eigenvalue weighted by Gasteiger charge is 2.28. The van der Waals surface area contributed by atoms with E-state index in [1.54, 1.807) is 0 Å². The minimum Gasteiger partial charge on any atom is -0.449 e. The van der Waals surface area contributed by atoms with E-state index >= 15 is 0 Å². The molecule has 0 saturated carbocycles. The van der Waals surface area contributed by atoms with Gasteiger partial charge in [0.25, 0.3) is 0 Å². The van der Waals surface area contributed by atoms with E-state index in [9.17, 15) is 9.59 Å². The van der Waals surface area contributed by atoms with Crippen molar-refractivity contribution in [3.8, 4) is 11.1 Å². The quantitative estimate of drug-likeness (QED) is 0.269. The van der Waals surface area contributed by atoms with Gasteiger partial charge in [-0.1, -0.05) is 48.5 Å². The van der Waals surface area contributed by atoms with E-state index in [1.165, 1.54) is 22.3 Å². The molecule has 1 aliphatic carbocycles. The molecule has 0 saturated heterocycles. The van der Waals surface area contributed by atoms with Crippen molar-refractivity contribution in [2.75, 3.05) is 72.6 Å². The van der Waals surface area contributed by atoms with Crippen LogP contribution < -0.4 is 10.6 Å². The molecule has 2 N–H and O–H groups in total. The standard InChI is InChI=1S/C29H40N2O7/c1-2-34-22-28(32)30-13-7-15-35-17-19-37-20-18-36-16-8-14-31-29(33)38-21-27-25-11-5-3-9-23(25)24-10-4-6-12-26(24)27/h3-6,9-12,27H,2,7-8,13-22H2,1H3,(H,30,32)(H,31,33). The molecule has 0 fully saturated rings. The second-order valence-corrected chi connectivity index (χ2v) is 8.78. The number of hydrogen-bond acceptors (Lipinski definition) is 7. The molecule has 2 amide bonds. The lowest BCUT2D eigenvalue weighted by Gasteiger charge is -2.14.